The van der Waals surface area contributed by atoms with Gasteiger partial charge in [0.2, 0.25) is 5.78 Å². The molecule has 0 aromatic carbocycles. The molecular formula is C20H21ClN6O3. The molecule has 156 valence electrons. The summed E-state index contributed by atoms with van der Waals surface area (Å²) in [6, 6.07) is 4.62. The maximum atomic E-state index is 13.0. The number of anilines is 1. The van der Waals surface area contributed by atoms with Gasteiger partial charge in [0.25, 0.3) is 0 Å². The van der Waals surface area contributed by atoms with E-state index in [2.05, 4.69) is 25.4 Å². The Balaban J connectivity index is 1.52. The normalized spacial score (nSPS) is 23.5. The lowest BCUT2D eigenvalue weighted by Gasteiger charge is -2.19. The molecule has 10 heteroatoms. The van der Waals surface area contributed by atoms with Crippen LogP contribution in [0.1, 0.15) is 35.1 Å². The summed E-state index contributed by atoms with van der Waals surface area (Å²) in [6.45, 7) is 2.23. The van der Waals surface area contributed by atoms with Crippen LogP contribution in [0, 0.1) is 5.92 Å². The van der Waals surface area contributed by atoms with E-state index < -0.39 is 18.2 Å². The predicted molar refractivity (Wildman–Crippen MR) is 109 cm³/mol. The summed E-state index contributed by atoms with van der Waals surface area (Å²) in [6.07, 6.45) is 4.83. The second kappa shape index (κ2) is 8.47. The average Bonchev–Trinajstić information content (AvgIpc) is 3.29. The fourth-order valence-electron chi connectivity index (χ4n) is 3.59. The number of ketones is 1. The number of aromatic nitrogens is 5. The first-order valence-electron chi connectivity index (χ1n) is 9.53. The number of nitrogens with one attached hydrogen (secondary N) is 1. The highest BCUT2D eigenvalue weighted by atomic mass is 35.5. The van der Waals surface area contributed by atoms with Gasteiger partial charge in [0.15, 0.2) is 0 Å². The summed E-state index contributed by atoms with van der Waals surface area (Å²) < 4.78 is 1.60. The molecule has 0 unspecified atom stereocenters. The number of halogens is 1. The maximum Gasteiger partial charge on any atom is 0.218 e. The molecule has 0 radical (unpaired) electrons. The molecule has 1 aliphatic rings. The number of nitrogens with zero attached hydrogens (tertiary/aromatic N) is 5. The van der Waals surface area contributed by atoms with E-state index in [9.17, 15) is 15.0 Å². The van der Waals surface area contributed by atoms with Gasteiger partial charge in [0, 0.05) is 23.6 Å². The van der Waals surface area contributed by atoms with E-state index in [1.54, 1.807) is 35.3 Å². The Morgan fingerprint density at radius 1 is 1.30 bits per heavy atom. The summed E-state index contributed by atoms with van der Waals surface area (Å²) in [7, 11) is 0. The molecule has 0 bridgehead atoms. The van der Waals surface area contributed by atoms with E-state index in [0.717, 1.165) is 5.69 Å². The predicted octanol–water partition coefficient (Wildman–Crippen LogP) is 1.54. The van der Waals surface area contributed by atoms with Crippen molar-refractivity contribution in [2.45, 2.75) is 38.1 Å². The molecule has 0 spiro atoms. The Labute approximate surface area is 177 Å². The van der Waals surface area contributed by atoms with Crippen molar-refractivity contribution in [3.8, 4) is 0 Å². The van der Waals surface area contributed by atoms with Crippen LogP contribution in [0.3, 0.4) is 0 Å². The van der Waals surface area contributed by atoms with Crippen LogP contribution in [0.2, 0.25) is 5.02 Å². The molecule has 3 N–H and O–H groups in total. The molecule has 3 heterocycles. The molecular weight excluding hydrogens is 408 g/mol. The fourth-order valence-corrected chi connectivity index (χ4v) is 3.78. The van der Waals surface area contributed by atoms with Gasteiger partial charge in [-0.1, -0.05) is 18.5 Å². The zero-order valence-corrected chi connectivity index (χ0v) is 16.9. The van der Waals surface area contributed by atoms with Crippen LogP contribution < -0.4 is 5.32 Å². The highest BCUT2D eigenvalue weighted by Gasteiger charge is 2.39. The van der Waals surface area contributed by atoms with E-state index in [0.29, 0.717) is 23.8 Å². The van der Waals surface area contributed by atoms with Gasteiger partial charge in [-0.25, -0.2) is 9.97 Å². The summed E-state index contributed by atoms with van der Waals surface area (Å²) in [4.78, 5) is 25.4. The van der Waals surface area contributed by atoms with Gasteiger partial charge in [0.1, 0.15) is 23.9 Å². The lowest BCUT2D eigenvalue weighted by atomic mass is 10.1. The first kappa shape index (κ1) is 20.4. The van der Waals surface area contributed by atoms with Crippen molar-refractivity contribution in [2.75, 3.05) is 5.32 Å². The lowest BCUT2D eigenvalue weighted by molar-refractivity contribution is 0.0210. The first-order valence-corrected chi connectivity index (χ1v) is 9.91. The van der Waals surface area contributed by atoms with Crippen molar-refractivity contribution in [2.24, 2.45) is 5.92 Å². The van der Waals surface area contributed by atoms with Gasteiger partial charge in [-0.3, -0.25) is 14.5 Å². The molecule has 3 aromatic heterocycles. The maximum absolute atomic E-state index is 13.0. The van der Waals surface area contributed by atoms with Crippen LogP contribution in [0.4, 0.5) is 5.82 Å². The number of hydrogen-bond acceptors (Lipinski definition) is 8. The van der Waals surface area contributed by atoms with Gasteiger partial charge in [0.05, 0.1) is 29.9 Å². The Morgan fingerprint density at radius 3 is 2.87 bits per heavy atom. The molecule has 1 saturated carbocycles. The Bertz CT molecular complexity index is 1060. The molecule has 0 amide bonds. The molecule has 3 aromatic rings. The van der Waals surface area contributed by atoms with Gasteiger partial charge in [-0.05, 0) is 30.5 Å². The highest BCUT2D eigenvalue weighted by Crippen LogP contribution is 2.29. The van der Waals surface area contributed by atoms with Crippen LogP contribution in [-0.4, -0.2) is 59.0 Å². The summed E-state index contributed by atoms with van der Waals surface area (Å²) in [5, 5.41) is 28.2. The van der Waals surface area contributed by atoms with E-state index in [1.807, 2.05) is 6.92 Å². The number of carbonyl (C=O) groups is 1. The van der Waals surface area contributed by atoms with Gasteiger partial charge in [-0.15, -0.1) is 0 Å². The lowest BCUT2D eigenvalue weighted by Crippen LogP contribution is -2.35. The molecule has 9 nitrogen and oxygen atoms in total. The Morgan fingerprint density at radius 2 is 2.13 bits per heavy atom. The molecule has 4 atom stereocenters. The third-order valence-corrected chi connectivity index (χ3v) is 5.46. The fraction of sp³-hybridized carbons (Fsp3) is 0.350. The van der Waals surface area contributed by atoms with Crippen LogP contribution in [0.25, 0.3) is 0 Å². The highest BCUT2D eigenvalue weighted by molar-refractivity contribution is 6.30. The molecule has 0 aliphatic heterocycles. The number of pyridine rings is 1. The van der Waals surface area contributed by atoms with Crippen LogP contribution in [0.5, 0.6) is 0 Å². The number of rotatable bonds is 6. The topological polar surface area (TPSA) is 126 Å². The number of aliphatic hydroxyl groups excluding tert-OH is 2. The minimum absolute atomic E-state index is 0.0608. The van der Waals surface area contributed by atoms with Crippen molar-refractivity contribution < 1.29 is 15.0 Å². The van der Waals surface area contributed by atoms with Crippen molar-refractivity contribution in [3.05, 3.63) is 65.1 Å². The number of hydrogen-bond donors (Lipinski definition) is 3. The van der Waals surface area contributed by atoms with E-state index in [1.165, 1.54) is 12.5 Å². The van der Waals surface area contributed by atoms with Crippen molar-refractivity contribution >= 4 is 23.2 Å². The van der Waals surface area contributed by atoms with Crippen LogP contribution in [-0.2, 0) is 6.54 Å². The average molecular weight is 429 g/mol. The van der Waals surface area contributed by atoms with Gasteiger partial charge in [-0.2, -0.15) is 5.10 Å². The summed E-state index contributed by atoms with van der Waals surface area (Å²) in [5.74, 6) is -0.113. The first-order chi connectivity index (χ1) is 14.4. The molecule has 1 aliphatic carbocycles. The largest absolute Gasteiger partial charge is 0.390 e. The van der Waals surface area contributed by atoms with E-state index in [4.69, 9.17) is 11.6 Å². The minimum atomic E-state index is -0.942. The third kappa shape index (κ3) is 4.18. The smallest absolute Gasteiger partial charge is 0.218 e. The Kier molecular flexibility index (Phi) is 5.76. The second-order valence-electron chi connectivity index (χ2n) is 7.42. The molecule has 1 fully saturated rings. The van der Waals surface area contributed by atoms with E-state index in [-0.39, 0.29) is 23.0 Å². The molecule has 4 rings (SSSR count). The summed E-state index contributed by atoms with van der Waals surface area (Å²) in [5.41, 5.74) is 1.19. The van der Waals surface area contributed by atoms with Crippen molar-refractivity contribution in [3.63, 3.8) is 0 Å². The third-order valence-electron chi connectivity index (χ3n) is 5.23. The molecule has 30 heavy (non-hydrogen) atoms. The molecule has 0 saturated heterocycles. The minimum Gasteiger partial charge on any atom is -0.390 e. The monoisotopic (exact) mass is 428 g/mol. The SMILES string of the molecule is C[C@@H]1C[C@@H](Nc2ncncc2C(=O)c2ccn(Cc3cc(Cl)ccn3)n2)[C@H](O)[C@@H]1O. The van der Waals surface area contributed by atoms with Gasteiger partial charge >= 0.3 is 0 Å². The standard InChI is InChI=1S/C20H21ClN6O3/c1-11-6-16(19(30)17(11)28)25-20-14(8-22-10-24-20)18(29)15-3-5-27(26-15)9-13-7-12(21)2-4-23-13/h2-5,7-8,10-11,16-17,19,28,30H,6,9H2,1H3,(H,22,24,25)/t11-,16-,17-,19+/m1/s1. The quantitative estimate of drug-likeness (QED) is 0.505. The zero-order valence-electron chi connectivity index (χ0n) is 16.2. The second-order valence-corrected chi connectivity index (χ2v) is 7.86. The van der Waals surface area contributed by atoms with Crippen LogP contribution in [0.15, 0.2) is 43.1 Å². The zero-order chi connectivity index (χ0) is 21.3. The Hall–Kier alpha value is -2.88. The van der Waals surface area contributed by atoms with Crippen molar-refractivity contribution in [1.82, 2.24) is 24.7 Å². The van der Waals surface area contributed by atoms with Crippen molar-refractivity contribution in [1.29, 1.82) is 0 Å². The van der Waals surface area contributed by atoms with Crippen LogP contribution >= 0.6 is 11.6 Å². The number of carbonyl (C=O) groups excluding carboxylic acids is 1. The van der Waals surface area contributed by atoms with E-state index >= 15 is 0 Å². The summed E-state index contributed by atoms with van der Waals surface area (Å²) >= 11 is 5.98. The number of aliphatic hydroxyl groups is 2. The van der Waals surface area contributed by atoms with Gasteiger partial charge < -0.3 is 15.5 Å².